The Bertz CT molecular complexity index is 428. The van der Waals surface area contributed by atoms with Crippen molar-refractivity contribution in [3.05, 3.63) is 17.8 Å². The van der Waals surface area contributed by atoms with Crippen molar-refractivity contribution in [2.24, 2.45) is 0 Å². The maximum Gasteiger partial charge on any atom is 0.340 e. The lowest BCUT2D eigenvalue weighted by Gasteiger charge is -2.15. The fourth-order valence-corrected chi connectivity index (χ4v) is 2.24. The van der Waals surface area contributed by atoms with Crippen LogP contribution in [0.5, 0.6) is 0 Å². The van der Waals surface area contributed by atoms with Gasteiger partial charge in [0.1, 0.15) is 5.82 Å². The summed E-state index contributed by atoms with van der Waals surface area (Å²) >= 11 is 0. The molecule has 0 aliphatic heterocycles. The fraction of sp³-hybridized carbons (Fsp3) is 0.538. The molecule has 1 aromatic heterocycles. The van der Waals surface area contributed by atoms with E-state index in [1.54, 1.807) is 19.2 Å². The van der Waals surface area contributed by atoms with Crippen molar-refractivity contribution in [2.45, 2.75) is 38.6 Å². The first-order valence-corrected chi connectivity index (χ1v) is 6.40. The Morgan fingerprint density at radius 3 is 2.94 bits per heavy atom. The number of nitrogen functional groups attached to an aromatic ring is 1. The number of nitrogens with zero attached hydrogens (tertiary/aromatic N) is 1. The highest BCUT2D eigenvalue weighted by molar-refractivity contribution is 5.97. The molecule has 0 amide bonds. The number of esters is 1. The lowest BCUT2D eigenvalue weighted by molar-refractivity contribution is 0.0527. The first kappa shape index (κ1) is 12.7. The second-order valence-corrected chi connectivity index (χ2v) is 4.47. The van der Waals surface area contributed by atoms with Gasteiger partial charge >= 0.3 is 5.97 Å². The van der Waals surface area contributed by atoms with Crippen LogP contribution >= 0.6 is 0 Å². The average molecular weight is 249 g/mol. The summed E-state index contributed by atoms with van der Waals surface area (Å²) in [6, 6.07) is 2.00. The van der Waals surface area contributed by atoms with Gasteiger partial charge in [0.25, 0.3) is 0 Å². The van der Waals surface area contributed by atoms with Crippen LogP contribution in [0.3, 0.4) is 0 Å². The van der Waals surface area contributed by atoms with E-state index in [1.807, 2.05) is 0 Å². The second kappa shape index (κ2) is 5.71. The number of rotatable bonds is 4. The molecule has 0 saturated heterocycles. The SMILES string of the molecule is CCOC(=O)c1ccnc(NC2CCCC2)c1N. The summed E-state index contributed by atoms with van der Waals surface area (Å²) in [6.45, 7) is 2.11. The molecule has 1 aliphatic rings. The molecule has 0 radical (unpaired) electrons. The zero-order valence-corrected chi connectivity index (χ0v) is 10.6. The van der Waals surface area contributed by atoms with Gasteiger partial charge < -0.3 is 15.8 Å². The van der Waals surface area contributed by atoms with Crippen LogP contribution < -0.4 is 11.1 Å². The number of aromatic nitrogens is 1. The summed E-state index contributed by atoms with van der Waals surface area (Å²) in [6.07, 6.45) is 6.31. The lowest BCUT2D eigenvalue weighted by Crippen LogP contribution is -2.18. The summed E-state index contributed by atoms with van der Waals surface area (Å²) in [5, 5.41) is 3.30. The van der Waals surface area contributed by atoms with Crippen LogP contribution in [-0.4, -0.2) is 23.6 Å². The number of ether oxygens (including phenoxy) is 1. The van der Waals surface area contributed by atoms with E-state index in [9.17, 15) is 4.79 Å². The van der Waals surface area contributed by atoms with Crippen LogP contribution in [0.4, 0.5) is 11.5 Å². The van der Waals surface area contributed by atoms with Crippen molar-refractivity contribution in [3.63, 3.8) is 0 Å². The molecule has 3 N–H and O–H groups in total. The summed E-state index contributed by atoms with van der Waals surface area (Å²) in [5.74, 6) is 0.194. The monoisotopic (exact) mass is 249 g/mol. The van der Waals surface area contributed by atoms with E-state index in [0.29, 0.717) is 29.7 Å². The fourth-order valence-electron chi connectivity index (χ4n) is 2.24. The molecular formula is C13H19N3O2. The molecule has 5 heteroatoms. The Kier molecular flexibility index (Phi) is 4.02. The molecule has 1 heterocycles. The topological polar surface area (TPSA) is 77.2 Å². The molecular weight excluding hydrogens is 230 g/mol. The van der Waals surface area contributed by atoms with E-state index in [4.69, 9.17) is 10.5 Å². The number of carbonyl (C=O) groups is 1. The molecule has 1 aliphatic carbocycles. The number of nitrogens with two attached hydrogens (primary N) is 1. The molecule has 5 nitrogen and oxygen atoms in total. The van der Waals surface area contributed by atoms with E-state index in [-0.39, 0.29) is 0 Å². The van der Waals surface area contributed by atoms with Gasteiger partial charge in [-0.1, -0.05) is 12.8 Å². The molecule has 0 bridgehead atoms. The van der Waals surface area contributed by atoms with Gasteiger partial charge in [-0.3, -0.25) is 0 Å². The molecule has 0 aromatic carbocycles. The van der Waals surface area contributed by atoms with Gasteiger partial charge in [-0.2, -0.15) is 0 Å². The van der Waals surface area contributed by atoms with Gasteiger partial charge in [0.05, 0.1) is 17.9 Å². The third-order valence-corrected chi connectivity index (χ3v) is 3.18. The standard InChI is InChI=1S/C13H19N3O2/c1-2-18-13(17)10-7-8-15-12(11(10)14)16-9-5-3-4-6-9/h7-9H,2-6,14H2,1H3,(H,15,16). The minimum atomic E-state index is -0.396. The summed E-state index contributed by atoms with van der Waals surface area (Å²) in [5.41, 5.74) is 6.73. The number of pyridine rings is 1. The van der Waals surface area contributed by atoms with Crippen LogP contribution in [0, 0.1) is 0 Å². The van der Waals surface area contributed by atoms with Crippen molar-refractivity contribution in [1.82, 2.24) is 4.98 Å². The maximum absolute atomic E-state index is 11.7. The van der Waals surface area contributed by atoms with Gasteiger partial charge in [-0.05, 0) is 25.8 Å². The normalized spacial score (nSPS) is 15.6. The number of hydrogen-bond donors (Lipinski definition) is 2. The van der Waals surface area contributed by atoms with Gasteiger partial charge in [0, 0.05) is 12.2 Å². The van der Waals surface area contributed by atoms with Crippen LogP contribution in [-0.2, 0) is 4.74 Å². The first-order valence-electron chi connectivity index (χ1n) is 6.40. The highest BCUT2D eigenvalue weighted by Crippen LogP contribution is 2.26. The highest BCUT2D eigenvalue weighted by Gasteiger charge is 2.19. The molecule has 1 saturated carbocycles. The van der Waals surface area contributed by atoms with Gasteiger partial charge in [-0.25, -0.2) is 9.78 Å². The first-order chi connectivity index (χ1) is 8.72. The number of anilines is 2. The van der Waals surface area contributed by atoms with E-state index in [1.165, 1.54) is 12.8 Å². The average Bonchev–Trinajstić information content (AvgIpc) is 2.85. The van der Waals surface area contributed by atoms with E-state index in [0.717, 1.165) is 12.8 Å². The Balaban J connectivity index is 2.15. The maximum atomic E-state index is 11.7. The largest absolute Gasteiger partial charge is 0.462 e. The van der Waals surface area contributed by atoms with Gasteiger partial charge in [0.15, 0.2) is 0 Å². The smallest absolute Gasteiger partial charge is 0.340 e. The number of carbonyl (C=O) groups excluding carboxylic acids is 1. The third kappa shape index (κ3) is 2.72. The molecule has 0 atom stereocenters. The number of hydrogen-bond acceptors (Lipinski definition) is 5. The minimum Gasteiger partial charge on any atom is -0.462 e. The highest BCUT2D eigenvalue weighted by atomic mass is 16.5. The van der Waals surface area contributed by atoms with Crippen molar-refractivity contribution in [3.8, 4) is 0 Å². The lowest BCUT2D eigenvalue weighted by atomic mass is 10.2. The van der Waals surface area contributed by atoms with E-state index >= 15 is 0 Å². The zero-order chi connectivity index (χ0) is 13.0. The van der Waals surface area contributed by atoms with E-state index < -0.39 is 5.97 Å². The quantitative estimate of drug-likeness (QED) is 0.800. The summed E-state index contributed by atoms with van der Waals surface area (Å²) < 4.78 is 4.96. The molecule has 0 spiro atoms. The van der Waals surface area contributed by atoms with Crippen LogP contribution in [0.25, 0.3) is 0 Å². The molecule has 18 heavy (non-hydrogen) atoms. The van der Waals surface area contributed by atoms with E-state index in [2.05, 4.69) is 10.3 Å². The van der Waals surface area contributed by atoms with Crippen LogP contribution in [0.2, 0.25) is 0 Å². The van der Waals surface area contributed by atoms with Crippen LogP contribution in [0.15, 0.2) is 12.3 Å². The second-order valence-electron chi connectivity index (χ2n) is 4.47. The van der Waals surface area contributed by atoms with Gasteiger partial charge in [0.2, 0.25) is 0 Å². The molecule has 1 fully saturated rings. The molecule has 98 valence electrons. The third-order valence-electron chi connectivity index (χ3n) is 3.18. The van der Waals surface area contributed by atoms with Crippen molar-refractivity contribution >= 4 is 17.5 Å². The summed E-state index contributed by atoms with van der Waals surface area (Å²) in [4.78, 5) is 15.9. The minimum absolute atomic E-state index is 0.339. The Labute approximate surface area is 107 Å². The zero-order valence-electron chi connectivity index (χ0n) is 10.6. The van der Waals surface area contributed by atoms with Gasteiger partial charge in [-0.15, -0.1) is 0 Å². The Morgan fingerprint density at radius 1 is 1.56 bits per heavy atom. The molecule has 0 unspecified atom stereocenters. The Morgan fingerprint density at radius 2 is 2.28 bits per heavy atom. The molecule has 2 rings (SSSR count). The Hall–Kier alpha value is -1.78. The predicted molar refractivity (Wildman–Crippen MR) is 70.5 cm³/mol. The molecule has 1 aromatic rings. The van der Waals surface area contributed by atoms with Crippen molar-refractivity contribution < 1.29 is 9.53 Å². The predicted octanol–water partition coefficient (Wildman–Crippen LogP) is 2.19. The van der Waals surface area contributed by atoms with Crippen LogP contribution in [0.1, 0.15) is 43.0 Å². The van der Waals surface area contributed by atoms with Crippen molar-refractivity contribution in [1.29, 1.82) is 0 Å². The van der Waals surface area contributed by atoms with Crippen molar-refractivity contribution in [2.75, 3.05) is 17.7 Å². The number of nitrogens with one attached hydrogen (secondary N) is 1. The summed E-state index contributed by atoms with van der Waals surface area (Å²) in [7, 11) is 0.